The fraction of sp³-hybridized carbons (Fsp3) is 0.200. The molecule has 1 atom stereocenters. The fourth-order valence-electron chi connectivity index (χ4n) is 0.956. The molecular weight excluding hydrogens is 196 g/mol. The normalized spacial score (nSPS) is 11.3. The van der Waals surface area contributed by atoms with Crippen LogP contribution >= 0.6 is 0 Å². The summed E-state index contributed by atoms with van der Waals surface area (Å²) in [5, 5.41) is 8.56. The van der Waals surface area contributed by atoms with Crippen molar-refractivity contribution in [2.24, 2.45) is 5.90 Å². The molecule has 1 rings (SSSR count). The average molecular weight is 206 g/mol. The van der Waals surface area contributed by atoms with Crippen molar-refractivity contribution in [3.63, 3.8) is 0 Å². The zero-order chi connectivity index (χ0) is 11.3. The molecule has 0 radical (unpaired) electrons. The lowest BCUT2D eigenvalue weighted by Crippen LogP contribution is -2.28. The maximum atomic E-state index is 10.9. The zero-order valence-corrected chi connectivity index (χ0v) is 8.14. The molecule has 78 valence electrons. The van der Waals surface area contributed by atoms with E-state index in [1.807, 2.05) is 6.07 Å². The summed E-state index contributed by atoms with van der Waals surface area (Å²) in [6.45, 7) is 1.52. The van der Waals surface area contributed by atoms with E-state index >= 15 is 0 Å². The molecule has 15 heavy (non-hydrogen) atoms. The number of benzene rings is 1. The first kappa shape index (κ1) is 11.0. The number of rotatable bonds is 3. The molecule has 0 fully saturated rings. The monoisotopic (exact) mass is 206 g/mol. The average Bonchev–Trinajstić information content (AvgIpc) is 2.29. The highest BCUT2D eigenvalue weighted by Gasteiger charge is 2.15. The van der Waals surface area contributed by atoms with Gasteiger partial charge in [-0.3, -0.25) is 0 Å². The van der Waals surface area contributed by atoms with E-state index in [1.165, 1.54) is 6.92 Å². The van der Waals surface area contributed by atoms with Gasteiger partial charge in [-0.15, -0.1) is 0 Å². The van der Waals surface area contributed by atoms with Gasteiger partial charge in [0.15, 0.2) is 6.10 Å². The molecule has 0 aliphatic heterocycles. The molecule has 1 aromatic carbocycles. The van der Waals surface area contributed by atoms with Crippen LogP contribution in [0.2, 0.25) is 0 Å². The predicted molar refractivity (Wildman–Crippen MR) is 51.5 cm³/mol. The Kier molecular flexibility index (Phi) is 3.66. The molecule has 0 saturated carbocycles. The first-order valence-corrected chi connectivity index (χ1v) is 4.24. The van der Waals surface area contributed by atoms with Crippen molar-refractivity contribution in [3.8, 4) is 11.8 Å². The fourth-order valence-corrected chi connectivity index (χ4v) is 0.956. The van der Waals surface area contributed by atoms with Gasteiger partial charge in [-0.25, -0.2) is 4.79 Å². The Balaban J connectivity index is 2.66. The van der Waals surface area contributed by atoms with Crippen molar-refractivity contribution in [1.82, 2.24) is 0 Å². The lowest BCUT2D eigenvalue weighted by atomic mass is 10.2. The van der Waals surface area contributed by atoms with Crippen LogP contribution in [0.5, 0.6) is 5.75 Å². The molecule has 5 heteroatoms. The van der Waals surface area contributed by atoms with Crippen molar-refractivity contribution in [2.75, 3.05) is 0 Å². The molecule has 2 N–H and O–H groups in total. The molecule has 0 spiro atoms. The van der Waals surface area contributed by atoms with Gasteiger partial charge >= 0.3 is 5.97 Å². The molecule has 0 aliphatic rings. The maximum absolute atomic E-state index is 10.9. The van der Waals surface area contributed by atoms with E-state index in [9.17, 15) is 4.79 Å². The van der Waals surface area contributed by atoms with Gasteiger partial charge in [0.2, 0.25) is 0 Å². The van der Waals surface area contributed by atoms with Gasteiger partial charge in [0.25, 0.3) is 0 Å². The molecule has 0 unspecified atom stereocenters. The third-order valence-corrected chi connectivity index (χ3v) is 1.74. The Morgan fingerprint density at radius 1 is 1.47 bits per heavy atom. The predicted octanol–water partition coefficient (Wildman–Crippen LogP) is 0.742. The van der Waals surface area contributed by atoms with Gasteiger partial charge in [-0.1, -0.05) is 0 Å². The van der Waals surface area contributed by atoms with E-state index in [0.29, 0.717) is 11.3 Å². The summed E-state index contributed by atoms with van der Waals surface area (Å²) >= 11 is 0. The van der Waals surface area contributed by atoms with Crippen LogP contribution in [-0.4, -0.2) is 12.1 Å². The summed E-state index contributed by atoms with van der Waals surface area (Å²) in [4.78, 5) is 14.9. The van der Waals surface area contributed by atoms with Gasteiger partial charge in [0.05, 0.1) is 11.6 Å². The number of nitriles is 1. The number of hydrogen-bond donors (Lipinski definition) is 1. The van der Waals surface area contributed by atoms with Crippen molar-refractivity contribution < 1.29 is 14.4 Å². The van der Waals surface area contributed by atoms with Gasteiger partial charge < -0.3 is 9.57 Å². The molecule has 0 bridgehead atoms. The van der Waals surface area contributed by atoms with Crippen LogP contribution in [0.3, 0.4) is 0 Å². The third kappa shape index (κ3) is 2.97. The van der Waals surface area contributed by atoms with Gasteiger partial charge in [-0.05, 0) is 31.2 Å². The van der Waals surface area contributed by atoms with Crippen LogP contribution < -0.4 is 10.6 Å². The lowest BCUT2D eigenvalue weighted by Gasteiger charge is -2.11. The standard InChI is InChI=1S/C10H10N2O3/c1-7(10(13)15-12)14-9-4-2-8(6-11)3-5-9/h2-5,7H,12H2,1H3/t7-/m0/s1. The van der Waals surface area contributed by atoms with E-state index in [4.69, 9.17) is 15.9 Å². The van der Waals surface area contributed by atoms with Crippen molar-refractivity contribution in [2.45, 2.75) is 13.0 Å². The first-order chi connectivity index (χ1) is 7.17. The Hall–Kier alpha value is -2.06. The van der Waals surface area contributed by atoms with E-state index in [0.717, 1.165) is 0 Å². The van der Waals surface area contributed by atoms with Crippen LogP contribution in [0, 0.1) is 11.3 Å². The Morgan fingerprint density at radius 3 is 2.53 bits per heavy atom. The van der Waals surface area contributed by atoms with Crippen molar-refractivity contribution >= 4 is 5.97 Å². The molecule has 0 saturated heterocycles. The highest BCUT2D eigenvalue weighted by atomic mass is 16.7. The largest absolute Gasteiger partial charge is 0.479 e. The number of carbonyl (C=O) groups is 1. The Labute approximate surface area is 87.0 Å². The summed E-state index contributed by atoms with van der Waals surface area (Å²) in [6.07, 6.45) is -0.775. The summed E-state index contributed by atoms with van der Waals surface area (Å²) in [5.41, 5.74) is 0.524. The minimum absolute atomic E-state index is 0.479. The maximum Gasteiger partial charge on any atom is 0.365 e. The molecule has 1 aromatic rings. The third-order valence-electron chi connectivity index (χ3n) is 1.74. The number of carbonyl (C=O) groups excluding carboxylic acids is 1. The number of nitrogens with two attached hydrogens (primary N) is 1. The highest BCUT2D eigenvalue weighted by Crippen LogP contribution is 2.13. The van der Waals surface area contributed by atoms with E-state index in [-0.39, 0.29) is 0 Å². The van der Waals surface area contributed by atoms with Gasteiger partial charge in [0.1, 0.15) is 5.75 Å². The molecular formula is C10H10N2O3. The molecule has 0 amide bonds. The van der Waals surface area contributed by atoms with Crippen LogP contribution in [0.1, 0.15) is 12.5 Å². The SMILES string of the molecule is C[C@H](Oc1ccc(C#N)cc1)C(=O)ON. The zero-order valence-electron chi connectivity index (χ0n) is 8.14. The summed E-state index contributed by atoms with van der Waals surface area (Å²) < 4.78 is 5.20. The number of nitrogens with zero attached hydrogens (tertiary/aromatic N) is 1. The minimum atomic E-state index is -0.775. The summed E-state index contributed by atoms with van der Waals surface area (Å²) in [5.74, 6) is 4.52. The molecule has 5 nitrogen and oxygen atoms in total. The number of ether oxygens (including phenoxy) is 1. The first-order valence-electron chi connectivity index (χ1n) is 4.24. The van der Waals surface area contributed by atoms with Crippen LogP contribution in [0.15, 0.2) is 24.3 Å². The minimum Gasteiger partial charge on any atom is -0.479 e. The van der Waals surface area contributed by atoms with Crippen molar-refractivity contribution in [1.29, 1.82) is 5.26 Å². The Bertz CT molecular complexity index is 381. The smallest absolute Gasteiger partial charge is 0.365 e. The van der Waals surface area contributed by atoms with Crippen LogP contribution in [-0.2, 0) is 9.63 Å². The van der Waals surface area contributed by atoms with Crippen LogP contribution in [0.25, 0.3) is 0 Å². The molecule has 0 aliphatic carbocycles. The summed E-state index contributed by atoms with van der Waals surface area (Å²) in [7, 11) is 0. The number of hydrogen-bond acceptors (Lipinski definition) is 5. The van der Waals surface area contributed by atoms with Gasteiger partial charge in [-0.2, -0.15) is 11.2 Å². The topological polar surface area (TPSA) is 85.3 Å². The van der Waals surface area contributed by atoms with E-state index < -0.39 is 12.1 Å². The second kappa shape index (κ2) is 4.98. The highest BCUT2D eigenvalue weighted by molar-refractivity contribution is 5.74. The van der Waals surface area contributed by atoms with Crippen LogP contribution in [0.4, 0.5) is 0 Å². The quantitative estimate of drug-likeness (QED) is 0.737. The van der Waals surface area contributed by atoms with E-state index in [1.54, 1.807) is 24.3 Å². The second-order valence-corrected chi connectivity index (χ2v) is 2.83. The molecule has 0 aromatic heterocycles. The van der Waals surface area contributed by atoms with Crippen molar-refractivity contribution in [3.05, 3.63) is 29.8 Å². The second-order valence-electron chi connectivity index (χ2n) is 2.83. The van der Waals surface area contributed by atoms with Gasteiger partial charge in [0, 0.05) is 0 Å². The van der Waals surface area contributed by atoms with E-state index in [2.05, 4.69) is 4.84 Å². The Morgan fingerprint density at radius 2 is 2.07 bits per heavy atom. The molecule has 0 heterocycles. The lowest BCUT2D eigenvalue weighted by molar-refractivity contribution is -0.151. The summed E-state index contributed by atoms with van der Waals surface area (Å²) in [6, 6.07) is 8.35.